The Kier molecular flexibility index (Phi) is 6.81. The topological polar surface area (TPSA) is 104 Å². The summed E-state index contributed by atoms with van der Waals surface area (Å²) in [6.07, 6.45) is 3.70. The van der Waals surface area contributed by atoms with Gasteiger partial charge in [-0.3, -0.25) is 4.21 Å². The standard InChI is InChI=1S/C9H19N3O2S/c1-3-7(2)12-9(11)4-8(5-10)6-15(13)14/h4-5,7,12H,3,6,10-11H2,1-2H3,(H,13,14)/p-1/b8-5+,9-4+/t7-/m0/s1. The summed E-state index contributed by atoms with van der Waals surface area (Å²) in [5.41, 5.74) is 11.4. The highest BCUT2D eigenvalue weighted by Gasteiger charge is 1.99. The summed E-state index contributed by atoms with van der Waals surface area (Å²) in [5, 5.41) is 3.01. The molecule has 0 saturated heterocycles. The normalized spacial score (nSPS) is 17.3. The van der Waals surface area contributed by atoms with E-state index in [1.165, 1.54) is 12.3 Å². The molecule has 0 aliphatic rings. The third kappa shape index (κ3) is 6.98. The molecule has 1 unspecified atom stereocenters. The van der Waals surface area contributed by atoms with Crippen LogP contribution >= 0.6 is 0 Å². The van der Waals surface area contributed by atoms with Crippen molar-refractivity contribution in [2.45, 2.75) is 26.3 Å². The summed E-state index contributed by atoms with van der Waals surface area (Å²) in [6.45, 7) is 4.01. The Morgan fingerprint density at radius 1 is 1.67 bits per heavy atom. The van der Waals surface area contributed by atoms with E-state index in [2.05, 4.69) is 5.32 Å². The summed E-state index contributed by atoms with van der Waals surface area (Å²) >= 11 is -2.15. The first-order chi connectivity index (χ1) is 6.99. The first-order valence-corrected chi connectivity index (χ1v) is 5.94. The van der Waals surface area contributed by atoms with Gasteiger partial charge in [0.2, 0.25) is 0 Å². The number of nitrogens with one attached hydrogen (secondary N) is 1. The van der Waals surface area contributed by atoms with E-state index in [0.29, 0.717) is 11.4 Å². The molecule has 0 spiro atoms. The van der Waals surface area contributed by atoms with E-state index >= 15 is 0 Å². The molecule has 15 heavy (non-hydrogen) atoms. The Hall–Kier alpha value is -1.01. The second-order valence-electron chi connectivity index (χ2n) is 3.24. The molecular weight excluding hydrogens is 214 g/mol. The summed E-state index contributed by atoms with van der Waals surface area (Å²) in [5.74, 6) is 0.297. The minimum Gasteiger partial charge on any atom is -0.772 e. The molecule has 0 aliphatic carbocycles. The second-order valence-corrected chi connectivity index (χ2v) is 4.14. The van der Waals surface area contributed by atoms with Crippen LogP contribution in [0.15, 0.2) is 23.7 Å². The fraction of sp³-hybridized carbons (Fsp3) is 0.556. The number of hydrogen-bond donors (Lipinski definition) is 3. The molecule has 0 heterocycles. The van der Waals surface area contributed by atoms with Gasteiger partial charge in [0.1, 0.15) is 0 Å². The van der Waals surface area contributed by atoms with E-state index in [0.717, 1.165) is 6.42 Å². The predicted octanol–water partition coefficient (Wildman–Crippen LogP) is -0.104. The lowest BCUT2D eigenvalue weighted by Crippen LogP contribution is -2.29. The van der Waals surface area contributed by atoms with Crippen molar-refractivity contribution < 1.29 is 8.76 Å². The van der Waals surface area contributed by atoms with Crippen molar-refractivity contribution in [1.82, 2.24) is 5.32 Å². The van der Waals surface area contributed by atoms with Gasteiger partial charge in [0, 0.05) is 11.8 Å². The van der Waals surface area contributed by atoms with Crippen LogP contribution in [0.5, 0.6) is 0 Å². The second kappa shape index (κ2) is 7.30. The smallest absolute Gasteiger partial charge is 0.0965 e. The molecule has 5 nitrogen and oxygen atoms in total. The average Bonchev–Trinajstić information content (AvgIpc) is 2.15. The van der Waals surface area contributed by atoms with Crippen LogP contribution in [0.2, 0.25) is 0 Å². The molecular formula is C9H18N3O2S-. The third-order valence-corrected chi connectivity index (χ3v) is 2.43. The molecule has 0 aliphatic heterocycles. The molecule has 2 atom stereocenters. The first-order valence-electron chi connectivity index (χ1n) is 4.69. The zero-order valence-corrected chi connectivity index (χ0v) is 9.84. The van der Waals surface area contributed by atoms with Crippen molar-refractivity contribution in [3.05, 3.63) is 23.7 Å². The highest BCUT2D eigenvalue weighted by molar-refractivity contribution is 7.79. The lowest BCUT2D eigenvalue weighted by molar-refractivity contribution is 0.539. The molecule has 0 radical (unpaired) electrons. The Morgan fingerprint density at radius 2 is 2.27 bits per heavy atom. The van der Waals surface area contributed by atoms with Crippen LogP contribution in [0.4, 0.5) is 0 Å². The van der Waals surface area contributed by atoms with Gasteiger partial charge in [0.15, 0.2) is 0 Å². The molecule has 0 amide bonds. The van der Waals surface area contributed by atoms with Crippen LogP contribution < -0.4 is 16.8 Å². The maximum absolute atomic E-state index is 10.4. The van der Waals surface area contributed by atoms with Crippen LogP contribution in [-0.4, -0.2) is 20.6 Å². The van der Waals surface area contributed by atoms with Crippen molar-refractivity contribution in [1.29, 1.82) is 0 Å². The Morgan fingerprint density at radius 3 is 2.67 bits per heavy atom. The highest BCUT2D eigenvalue weighted by Crippen LogP contribution is 1.99. The first kappa shape index (κ1) is 14.0. The van der Waals surface area contributed by atoms with Gasteiger partial charge in [-0.1, -0.05) is 18.0 Å². The zero-order valence-electron chi connectivity index (χ0n) is 9.03. The van der Waals surface area contributed by atoms with Crippen LogP contribution in [0.3, 0.4) is 0 Å². The van der Waals surface area contributed by atoms with Gasteiger partial charge in [0.25, 0.3) is 0 Å². The zero-order chi connectivity index (χ0) is 11.8. The van der Waals surface area contributed by atoms with Crippen LogP contribution in [-0.2, 0) is 11.1 Å². The maximum atomic E-state index is 10.4. The molecule has 0 aromatic rings. The molecule has 0 aromatic carbocycles. The fourth-order valence-corrected chi connectivity index (χ4v) is 1.35. The van der Waals surface area contributed by atoms with Crippen molar-refractivity contribution in [3.8, 4) is 0 Å². The molecule has 88 valence electrons. The summed E-state index contributed by atoms with van der Waals surface area (Å²) in [6, 6.07) is 0.248. The minimum absolute atomic E-state index is 0.126. The van der Waals surface area contributed by atoms with Crippen molar-refractivity contribution in [3.63, 3.8) is 0 Å². The number of hydrogen-bond acceptors (Lipinski definition) is 5. The van der Waals surface area contributed by atoms with E-state index in [4.69, 9.17) is 11.5 Å². The van der Waals surface area contributed by atoms with Gasteiger partial charge in [-0.05, 0) is 31.2 Å². The monoisotopic (exact) mass is 232 g/mol. The molecule has 0 aromatic heterocycles. The number of allylic oxidation sites excluding steroid dienone is 1. The Labute approximate surface area is 92.9 Å². The van der Waals surface area contributed by atoms with E-state index in [9.17, 15) is 8.76 Å². The summed E-state index contributed by atoms with van der Waals surface area (Å²) in [7, 11) is 0. The molecule has 0 bridgehead atoms. The van der Waals surface area contributed by atoms with Gasteiger partial charge in [0.05, 0.1) is 5.82 Å². The number of rotatable bonds is 6. The maximum Gasteiger partial charge on any atom is 0.0965 e. The predicted molar refractivity (Wildman–Crippen MR) is 61.2 cm³/mol. The quantitative estimate of drug-likeness (QED) is 0.438. The van der Waals surface area contributed by atoms with E-state index in [-0.39, 0.29) is 11.8 Å². The van der Waals surface area contributed by atoms with Crippen molar-refractivity contribution >= 4 is 11.1 Å². The Balaban J connectivity index is 4.36. The van der Waals surface area contributed by atoms with E-state index in [1.54, 1.807) is 0 Å². The fourth-order valence-electron chi connectivity index (χ4n) is 0.902. The Bertz CT molecular complexity index is 277. The summed E-state index contributed by atoms with van der Waals surface area (Å²) < 4.78 is 20.9. The van der Waals surface area contributed by atoms with Gasteiger partial charge in [-0.15, -0.1) is 0 Å². The summed E-state index contributed by atoms with van der Waals surface area (Å²) in [4.78, 5) is 0. The van der Waals surface area contributed by atoms with E-state index in [1.807, 2.05) is 13.8 Å². The van der Waals surface area contributed by atoms with Gasteiger partial charge >= 0.3 is 0 Å². The number of nitrogens with two attached hydrogens (primary N) is 2. The van der Waals surface area contributed by atoms with Crippen molar-refractivity contribution in [2.24, 2.45) is 11.5 Å². The van der Waals surface area contributed by atoms with Crippen molar-refractivity contribution in [2.75, 3.05) is 5.75 Å². The SMILES string of the molecule is CC[C@H](C)N/C(N)=C/C(=C\N)CS(=O)[O-]. The lowest BCUT2D eigenvalue weighted by atomic mass is 10.2. The van der Waals surface area contributed by atoms with Gasteiger partial charge < -0.3 is 21.3 Å². The average molecular weight is 232 g/mol. The molecule has 6 heteroatoms. The van der Waals surface area contributed by atoms with Crippen LogP contribution in [0.25, 0.3) is 0 Å². The largest absolute Gasteiger partial charge is 0.772 e. The molecule has 0 fully saturated rings. The molecule has 0 saturated carbocycles. The minimum atomic E-state index is -2.15. The van der Waals surface area contributed by atoms with Crippen LogP contribution in [0.1, 0.15) is 20.3 Å². The van der Waals surface area contributed by atoms with Gasteiger partial charge in [-0.2, -0.15) is 0 Å². The van der Waals surface area contributed by atoms with Gasteiger partial charge in [-0.25, -0.2) is 0 Å². The molecule has 0 rings (SSSR count). The lowest BCUT2D eigenvalue weighted by Gasteiger charge is -2.13. The van der Waals surface area contributed by atoms with E-state index < -0.39 is 11.1 Å². The van der Waals surface area contributed by atoms with Crippen LogP contribution in [0, 0.1) is 0 Å². The molecule has 5 N–H and O–H groups in total. The third-order valence-electron chi connectivity index (χ3n) is 1.86. The highest BCUT2D eigenvalue weighted by atomic mass is 32.2.